The zero-order chi connectivity index (χ0) is 17.8. The van der Waals surface area contributed by atoms with Gasteiger partial charge in [0.1, 0.15) is 0 Å². The van der Waals surface area contributed by atoms with Gasteiger partial charge in [0.2, 0.25) is 11.8 Å². The second-order valence-electron chi connectivity index (χ2n) is 6.40. The molecule has 3 rings (SSSR count). The number of hydrogen-bond acceptors (Lipinski definition) is 3. The number of rotatable bonds is 5. The molecule has 1 atom stereocenters. The Morgan fingerprint density at radius 2 is 1.88 bits per heavy atom. The van der Waals surface area contributed by atoms with E-state index in [0.717, 1.165) is 19.5 Å². The van der Waals surface area contributed by atoms with Gasteiger partial charge in [-0.1, -0.05) is 24.3 Å². The quantitative estimate of drug-likeness (QED) is 0.881. The standard InChI is InChI=1S/C20H23N3O2/c1-14-18-5-3-2-4-15(18)10-12-23(14)13-11-19(24)22-17-8-6-16(7-9-17)20(21)25/h2-9,14H,10-13H2,1H3,(H2,21,25)(H,22,24)/t14-/m1/s1. The van der Waals surface area contributed by atoms with E-state index in [1.54, 1.807) is 24.3 Å². The van der Waals surface area contributed by atoms with E-state index in [-0.39, 0.29) is 5.91 Å². The minimum atomic E-state index is -0.475. The number of anilines is 1. The van der Waals surface area contributed by atoms with Gasteiger partial charge < -0.3 is 11.1 Å². The largest absolute Gasteiger partial charge is 0.366 e. The molecule has 5 nitrogen and oxygen atoms in total. The van der Waals surface area contributed by atoms with Crippen molar-refractivity contribution < 1.29 is 9.59 Å². The molecule has 0 fully saturated rings. The summed E-state index contributed by atoms with van der Waals surface area (Å²) in [5.41, 5.74) is 9.08. The second kappa shape index (κ2) is 7.49. The van der Waals surface area contributed by atoms with Crippen LogP contribution in [0.25, 0.3) is 0 Å². The summed E-state index contributed by atoms with van der Waals surface area (Å²) < 4.78 is 0. The van der Waals surface area contributed by atoms with Crippen LogP contribution in [0, 0.1) is 0 Å². The van der Waals surface area contributed by atoms with E-state index in [4.69, 9.17) is 5.73 Å². The van der Waals surface area contributed by atoms with E-state index in [1.165, 1.54) is 11.1 Å². The number of fused-ring (bicyclic) bond motifs is 1. The van der Waals surface area contributed by atoms with Crippen molar-refractivity contribution in [1.82, 2.24) is 4.90 Å². The average Bonchev–Trinajstić information content (AvgIpc) is 2.62. The number of nitrogens with two attached hydrogens (primary N) is 1. The minimum Gasteiger partial charge on any atom is -0.366 e. The third-order valence-corrected chi connectivity index (χ3v) is 4.80. The molecule has 1 aliphatic heterocycles. The normalized spacial score (nSPS) is 16.9. The van der Waals surface area contributed by atoms with E-state index in [9.17, 15) is 9.59 Å². The first-order valence-corrected chi connectivity index (χ1v) is 8.56. The van der Waals surface area contributed by atoms with Gasteiger partial charge in [-0.25, -0.2) is 0 Å². The predicted molar refractivity (Wildman–Crippen MR) is 98.3 cm³/mol. The van der Waals surface area contributed by atoms with E-state index >= 15 is 0 Å². The topological polar surface area (TPSA) is 75.4 Å². The van der Waals surface area contributed by atoms with E-state index < -0.39 is 5.91 Å². The molecule has 0 spiro atoms. The van der Waals surface area contributed by atoms with Gasteiger partial charge in [0.05, 0.1) is 0 Å². The lowest BCUT2D eigenvalue weighted by molar-refractivity contribution is -0.116. The third-order valence-electron chi connectivity index (χ3n) is 4.80. The fourth-order valence-corrected chi connectivity index (χ4v) is 3.32. The molecule has 2 amide bonds. The van der Waals surface area contributed by atoms with Crippen molar-refractivity contribution >= 4 is 17.5 Å². The van der Waals surface area contributed by atoms with Gasteiger partial charge in [-0.2, -0.15) is 0 Å². The maximum absolute atomic E-state index is 12.2. The maximum Gasteiger partial charge on any atom is 0.248 e. The molecule has 0 unspecified atom stereocenters. The Balaban J connectivity index is 1.53. The van der Waals surface area contributed by atoms with Crippen LogP contribution in [-0.4, -0.2) is 29.8 Å². The van der Waals surface area contributed by atoms with Crippen molar-refractivity contribution in [2.45, 2.75) is 25.8 Å². The van der Waals surface area contributed by atoms with Crippen molar-refractivity contribution in [2.24, 2.45) is 5.73 Å². The summed E-state index contributed by atoms with van der Waals surface area (Å²) >= 11 is 0. The molecule has 0 aliphatic carbocycles. The smallest absolute Gasteiger partial charge is 0.248 e. The highest BCUT2D eigenvalue weighted by molar-refractivity contribution is 5.94. The molecule has 2 aromatic carbocycles. The number of nitrogens with zero attached hydrogens (tertiary/aromatic N) is 1. The molecule has 0 saturated carbocycles. The Hall–Kier alpha value is -2.66. The van der Waals surface area contributed by atoms with Crippen LogP contribution in [0.2, 0.25) is 0 Å². The molecule has 0 bridgehead atoms. The van der Waals surface area contributed by atoms with Gasteiger partial charge in [0.25, 0.3) is 0 Å². The predicted octanol–water partition coefficient (Wildman–Crippen LogP) is 2.73. The fourth-order valence-electron chi connectivity index (χ4n) is 3.32. The minimum absolute atomic E-state index is 0.0297. The molecule has 130 valence electrons. The van der Waals surface area contributed by atoms with Crippen LogP contribution in [0.1, 0.15) is 40.9 Å². The number of carbonyl (C=O) groups is 2. The molecule has 1 aliphatic rings. The Labute approximate surface area is 147 Å². The van der Waals surface area contributed by atoms with E-state index in [2.05, 4.69) is 41.4 Å². The lowest BCUT2D eigenvalue weighted by Gasteiger charge is -2.35. The summed E-state index contributed by atoms with van der Waals surface area (Å²) in [6, 6.07) is 15.4. The summed E-state index contributed by atoms with van der Waals surface area (Å²) in [4.78, 5) is 25.6. The third kappa shape index (κ3) is 4.06. The zero-order valence-electron chi connectivity index (χ0n) is 14.4. The first-order chi connectivity index (χ1) is 12.0. The number of benzene rings is 2. The molecule has 3 N–H and O–H groups in total. The zero-order valence-corrected chi connectivity index (χ0v) is 14.4. The van der Waals surface area contributed by atoms with Crippen LogP contribution >= 0.6 is 0 Å². The lowest BCUT2D eigenvalue weighted by Crippen LogP contribution is -2.36. The fraction of sp³-hybridized carbons (Fsp3) is 0.300. The van der Waals surface area contributed by atoms with Gasteiger partial charge in [0.15, 0.2) is 0 Å². The number of primary amides is 1. The van der Waals surface area contributed by atoms with E-state index in [0.29, 0.717) is 23.7 Å². The number of hydrogen-bond donors (Lipinski definition) is 2. The number of nitrogens with one attached hydrogen (secondary N) is 1. The van der Waals surface area contributed by atoms with Crippen molar-refractivity contribution in [3.8, 4) is 0 Å². The van der Waals surface area contributed by atoms with Gasteiger partial charge in [-0.3, -0.25) is 14.5 Å². The van der Waals surface area contributed by atoms with Crippen LogP contribution < -0.4 is 11.1 Å². The van der Waals surface area contributed by atoms with Gasteiger partial charge in [0, 0.05) is 36.8 Å². The first kappa shape index (κ1) is 17.2. The molecule has 0 saturated heterocycles. The number of amides is 2. The second-order valence-corrected chi connectivity index (χ2v) is 6.40. The van der Waals surface area contributed by atoms with Crippen molar-refractivity contribution in [3.63, 3.8) is 0 Å². The SMILES string of the molecule is C[C@@H]1c2ccccc2CCN1CCC(=O)Nc1ccc(C(N)=O)cc1. The molecular formula is C20H23N3O2. The van der Waals surface area contributed by atoms with E-state index in [1.807, 2.05) is 0 Å². The average molecular weight is 337 g/mol. The summed E-state index contributed by atoms with van der Waals surface area (Å²) in [6.45, 7) is 3.89. The summed E-state index contributed by atoms with van der Waals surface area (Å²) in [5.74, 6) is -0.505. The molecule has 0 radical (unpaired) electrons. The van der Waals surface area contributed by atoms with Crippen LogP contribution in [0.3, 0.4) is 0 Å². The van der Waals surface area contributed by atoms with Crippen molar-refractivity contribution in [1.29, 1.82) is 0 Å². The van der Waals surface area contributed by atoms with Crippen LogP contribution in [0.15, 0.2) is 48.5 Å². The molecule has 1 heterocycles. The molecule has 2 aromatic rings. The van der Waals surface area contributed by atoms with Crippen molar-refractivity contribution in [2.75, 3.05) is 18.4 Å². The molecular weight excluding hydrogens is 314 g/mol. The van der Waals surface area contributed by atoms with Crippen LogP contribution in [-0.2, 0) is 11.2 Å². The van der Waals surface area contributed by atoms with Gasteiger partial charge in [-0.05, 0) is 48.7 Å². The molecule has 25 heavy (non-hydrogen) atoms. The number of carbonyl (C=O) groups excluding carboxylic acids is 2. The first-order valence-electron chi connectivity index (χ1n) is 8.56. The summed E-state index contributed by atoms with van der Waals surface area (Å²) in [6.07, 6.45) is 1.46. The Kier molecular flexibility index (Phi) is 5.14. The highest BCUT2D eigenvalue weighted by atomic mass is 16.2. The van der Waals surface area contributed by atoms with Crippen LogP contribution in [0.5, 0.6) is 0 Å². The monoisotopic (exact) mass is 337 g/mol. The highest BCUT2D eigenvalue weighted by Gasteiger charge is 2.23. The Morgan fingerprint density at radius 3 is 2.60 bits per heavy atom. The highest BCUT2D eigenvalue weighted by Crippen LogP contribution is 2.29. The van der Waals surface area contributed by atoms with Gasteiger partial charge in [-0.15, -0.1) is 0 Å². The molecule has 0 aromatic heterocycles. The summed E-state index contributed by atoms with van der Waals surface area (Å²) in [7, 11) is 0. The molecule has 5 heteroatoms. The van der Waals surface area contributed by atoms with Gasteiger partial charge >= 0.3 is 0 Å². The maximum atomic E-state index is 12.2. The van der Waals surface area contributed by atoms with Crippen LogP contribution in [0.4, 0.5) is 5.69 Å². The lowest BCUT2D eigenvalue weighted by atomic mass is 9.93. The Bertz CT molecular complexity index is 771. The van der Waals surface area contributed by atoms with Crippen molar-refractivity contribution in [3.05, 3.63) is 65.2 Å². The Morgan fingerprint density at radius 1 is 1.16 bits per heavy atom. The summed E-state index contributed by atoms with van der Waals surface area (Å²) in [5, 5.41) is 2.86.